The molecular formula is C7H11N5O. The Morgan fingerprint density at radius 1 is 1.38 bits per heavy atom. The van der Waals surface area contributed by atoms with Gasteiger partial charge in [-0.25, -0.2) is 0 Å². The van der Waals surface area contributed by atoms with E-state index >= 15 is 0 Å². The molecule has 6 nitrogen and oxygen atoms in total. The molecular weight excluding hydrogens is 170 g/mol. The first-order chi connectivity index (χ1) is 6.28. The highest BCUT2D eigenvalue weighted by atomic mass is 16.5. The van der Waals surface area contributed by atoms with Crippen LogP contribution in [0.2, 0.25) is 0 Å². The number of hydrogen-bond acceptors (Lipinski definition) is 6. The van der Waals surface area contributed by atoms with Crippen LogP contribution in [0.15, 0.2) is 0 Å². The molecule has 1 aromatic heterocycles. The van der Waals surface area contributed by atoms with Gasteiger partial charge in [0.15, 0.2) is 0 Å². The van der Waals surface area contributed by atoms with Crippen LogP contribution in [0, 0.1) is 0 Å². The minimum Gasteiger partial charge on any atom is -0.467 e. The van der Waals surface area contributed by atoms with Crippen molar-refractivity contribution in [2.24, 2.45) is 0 Å². The number of aromatic nitrogens is 3. The van der Waals surface area contributed by atoms with Gasteiger partial charge in [0.25, 0.3) is 0 Å². The molecule has 0 radical (unpaired) electrons. The minimum absolute atomic E-state index is 0.176. The standard InChI is InChI=1S/C7H11N5O/c1-13-7-11-5(8)10-6(12-7)9-4-2-3-4/h4H,2-3H2,1H3,(H3,8,9,10,11,12). The summed E-state index contributed by atoms with van der Waals surface area (Å²) in [4.78, 5) is 11.7. The van der Waals surface area contributed by atoms with E-state index in [2.05, 4.69) is 20.3 Å². The maximum Gasteiger partial charge on any atom is 0.322 e. The number of methoxy groups -OCH3 is 1. The van der Waals surface area contributed by atoms with Crippen LogP contribution in [-0.4, -0.2) is 28.1 Å². The Hall–Kier alpha value is -1.59. The molecule has 0 spiro atoms. The molecule has 0 aromatic carbocycles. The third-order valence-electron chi connectivity index (χ3n) is 1.73. The van der Waals surface area contributed by atoms with Gasteiger partial charge in [0.05, 0.1) is 7.11 Å². The first kappa shape index (κ1) is 8.03. The maximum atomic E-state index is 5.45. The predicted molar refractivity (Wildman–Crippen MR) is 47.4 cm³/mol. The highest BCUT2D eigenvalue weighted by Crippen LogP contribution is 2.23. The summed E-state index contributed by atoms with van der Waals surface area (Å²) in [6.07, 6.45) is 2.32. The Labute approximate surface area is 75.5 Å². The van der Waals surface area contributed by atoms with Gasteiger partial charge in [-0.2, -0.15) is 15.0 Å². The van der Waals surface area contributed by atoms with Gasteiger partial charge < -0.3 is 15.8 Å². The maximum absolute atomic E-state index is 5.45. The summed E-state index contributed by atoms with van der Waals surface area (Å²) in [6.45, 7) is 0. The monoisotopic (exact) mass is 181 g/mol. The van der Waals surface area contributed by atoms with E-state index < -0.39 is 0 Å². The van der Waals surface area contributed by atoms with Crippen molar-refractivity contribution in [1.29, 1.82) is 0 Å². The molecule has 3 N–H and O–H groups in total. The number of anilines is 2. The third kappa shape index (κ3) is 1.95. The summed E-state index contributed by atoms with van der Waals surface area (Å²) in [5.74, 6) is 0.668. The highest BCUT2D eigenvalue weighted by Gasteiger charge is 2.22. The lowest BCUT2D eigenvalue weighted by Gasteiger charge is -2.04. The first-order valence-electron chi connectivity index (χ1n) is 4.10. The molecule has 0 atom stereocenters. The number of rotatable bonds is 3. The molecule has 0 saturated heterocycles. The van der Waals surface area contributed by atoms with Crippen molar-refractivity contribution in [1.82, 2.24) is 15.0 Å². The number of nitrogens with one attached hydrogen (secondary N) is 1. The summed E-state index contributed by atoms with van der Waals surface area (Å²) < 4.78 is 4.86. The van der Waals surface area contributed by atoms with Crippen LogP contribution in [0.1, 0.15) is 12.8 Å². The molecule has 6 heteroatoms. The molecule has 1 saturated carbocycles. The predicted octanol–water partition coefficient (Wildman–Crippen LogP) is 0.0367. The van der Waals surface area contributed by atoms with E-state index in [0.29, 0.717) is 12.0 Å². The molecule has 2 rings (SSSR count). The van der Waals surface area contributed by atoms with Crippen LogP contribution < -0.4 is 15.8 Å². The quantitative estimate of drug-likeness (QED) is 0.684. The second-order valence-electron chi connectivity index (χ2n) is 2.92. The van der Waals surface area contributed by atoms with Crippen LogP contribution in [0.4, 0.5) is 11.9 Å². The summed E-state index contributed by atoms with van der Waals surface area (Å²) in [5.41, 5.74) is 5.45. The minimum atomic E-state index is 0.176. The Balaban J connectivity index is 2.17. The molecule has 13 heavy (non-hydrogen) atoms. The van der Waals surface area contributed by atoms with E-state index in [1.165, 1.54) is 7.11 Å². The normalized spacial score (nSPS) is 15.5. The molecule has 1 aliphatic rings. The Kier molecular flexibility index (Phi) is 1.88. The smallest absolute Gasteiger partial charge is 0.322 e. The summed E-state index contributed by atoms with van der Waals surface area (Å²) in [6, 6.07) is 0.738. The Morgan fingerprint density at radius 3 is 2.77 bits per heavy atom. The topological polar surface area (TPSA) is 86.0 Å². The molecule has 0 amide bonds. The number of nitrogens with zero attached hydrogens (tertiary/aromatic N) is 3. The van der Waals surface area contributed by atoms with Crippen molar-refractivity contribution < 1.29 is 4.74 Å². The number of nitrogen functional groups attached to an aromatic ring is 1. The SMILES string of the molecule is COc1nc(N)nc(NC2CC2)n1. The van der Waals surface area contributed by atoms with Crippen molar-refractivity contribution in [3.8, 4) is 6.01 Å². The lowest BCUT2D eigenvalue weighted by molar-refractivity contribution is 0.379. The first-order valence-corrected chi connectivity index (χ1v) is 4.10. The average Bonchev–Trinajstić information content (AvgIpc) is 2.87. The summed E-state index contributed by atoms with van der Waals surface area (Å²) >= 11 is 0. The third-order valence-corrected chi connectivity index (χ3v) is 1.73. The van der Waals surface area contributed by atoms with Gasteiger partial charge in [0.1, 0.15) is 0 Å². The van der Waals surface area contributed by atoms with E-state index in [1.807, 2.05) is 0 Å². The fourth-order valence-electron chi connectivity index (χ4n) is 0.938. The van der Waals surface area contributed by atoms with Gasteiger partial charge in [0.2, 0.25) is 11.9 Å². The van der Waals surface area contributed by atoms with Gasteiger partial charge in [-0.15, -0.1) is 0 Å². The number of nitrogens with two attached hydrogens (primary N) is 1. The van der Waals surface area contributed by atoms with Gasteiger partial charge >= 0.3 is 6.01 Å². The number of ether oxygens (including phenoxy) is 1. The van der Waals surface area contributed by atoms with Crippen LogP contribution in [0.25, 0.3) is 0 Å². The van der Waals surface area contributed by atoms with Crippen molar-refractivity contribution >= 4 is 11.9 Å². The summed E-state index contributed by atoms with van der Waals surface area (Å²) in [7, 11) is 1.50. The van der Waals surface area contributed by atoms with E-state index in [9.17, 15) is 0 Å². The van der Waals surface area contributed by atoms with Crippen LogP contribution >= 0.6 is 0 Å². The molecule has 1 aromatic rings. The lowest BCUT2D eigenvalue weighted by Crippen LogP contribution is -2.09. The molecule has 0 unspecified atom stereocenters. The molecule has 0 bridgehead atoms. The zero-order valence-corrected chi connectivity index (χ0v) is 7.32. The fourth-order valence-corrected chi connectivity index (χ4v) is 0.938. The lowest BCUT2D eigenvalue weighted by atomic mass is 10.7. The Morgan fingerprint density at radius 2 is 2.15 bits per heavy atom. The van der Waals surface area contributed by atoms with E-state index in [-0.39, 0.29) is 12.0 Å². The number of hydrogen-bond donors (Lipinski definition) is 2. The zero-order chi connectivity index (χ0) is 9.26. The molecule has 1 aliphatic carbocycles. The van der Waals surface area contributed by atoms with Crippen LogP contribution in [-0.2, 0) is 0 Å². The van der Waals surface area contributed by atoms with E-state index in [4.69, 9.17) is 10.5 Å². The van der Waals surface area contributed by atoms with Gasteiger partial charge in [0, 0.05) is 6.04 Å². The molecule has 70 valence electrons. The largest absolute Gasteiger partial charge is 0.467 e. The van der Waals surface area contributed by atoms with Crippen LogP contribution in [0.5, 0.6) is 6.01 Å². The van der Waals surface area contributed by atoms with E-state index in [1.54, 1.807) is 0 Å². The summed E-state index contributed by atoms with van der Waals surface area (Å²) in [5, 5.41) is 3.11. The second-order valence-corrected chi connectivity index (χ2v) is 2.92. The van der Waals surface area contributed by atoms with Gasteiger partial charge in [-0.3, -0.25) is 0 Å². The Bertz CT molecular complexity index is 312. The molecule has 1 heterocycles. The van der Waals surface area contributed by atoms with Crippen LogP contribution in [0.3, 0.4) is 0 Å². The molecule has 0 aliphatic heterocycles. The second kappa shape index (κ2) is 3.04. The van der Waals surface area contributed by atoms with Crippen molar-refractivity contribution in [3.63, 3.8) is 0 Å². The van der Waals surface area contributed by atoms with Crippen molar-refractivity contribution in [3.05, 3.63) is 0 Å². The van der Waals surface area contributed by atoms with Crippen molar-refractivity contribution in [2.45, 2.75) is 18.9 Å². The van der Waals surface area contributed by atoms with E-state index in [0.717, 1.165) is 12.8 Å². The van der Waals surface area contributed by atoms with Gasteiger partial charge in [-0.05, 0) is 12.8 Å². The van der Waals surface area contributed by atoms with Gasteiger partial charge in [-0.1, -0.05) is 0 Å². The molecule has 1 fully saturated rings. The fraction of sp³-hybridized carbons (Fsp3) is 0.571. The van der Waals surface area contributed by atoms with Crippen molar-refractivity contribution in [2.75, 3.05) is 18.2 Å². The zero-order valence-electron chi connectivity index (χ0n) is 7.32. The highest BCUT2D eigenvalue weighted by molar-refractivity contribution is 5.34. The average molecular weight is 181 g/mol.